The summed E-state index contributed by atoms with van der Waals surface area (Å²) >= 11 is 0. The number of piperidine rings is 1. The van der Waals surface area contributed by atoms with Gasteiger partial charge in [0, 0.05) is 55.1 Å². The molecule has 2 saturated heterocycles. The molecule has 0 saturated carbocycles. The van der Waals surface area contributed by atoms with Crippen LogP contribution in [0.1, 0.15) is 44.7 Å². The molecular formula is C24H32F3N7O3. The summed E-state index contributed by atoms with van der Waals surface area (Å²) in [6.07, 6.45) is -0.623. The normalized spacial score (nSPS) is 21.4. The number of hydrogen-bond donors (Lipinski definition) is 2. The summed E-state index contributed by atoms with van der Waals surface area (Å²) in [6.45, 7) is 9.51. The standard InChI is InChI=1S/C24H32F3N7O3/c1-14(31-18-11-30-32-20(35)15(18)2)12-37-19-21(36)34(13-23(19,3)4)17-5-7-33(8-6-17)22-28-9-16(10-29-22)24(25,26)27/h9-11,14,17,19H,5-8,12-13H2,1-4H3,(H2,31,32,35)/t14-,19-/m0/s1. The lowest BCUT2D eigenvalue weighted by Crippen LogP contribution is -2.47. The molecule has 0 aromatic carbocycles. The van der Waals surface area contributed by atoms with Crippen molar-refractivity contribution < 1.29 is 22.7 Å². The van der Waals surface area contributed by atoms with Crippen LogP contribution in [-0.2, 0) is 15.7 Å². The molecule has 2 aliphatic heterocycles. The van der Waals surface area contributed by atoms with Gasteiger partial charge in [0.25, 0.3) is 11.5 Å². The maximum absolute atomic E-state index is 13.4. The van der Waals surface area contributed by atoms with Crippen molar-refractivity contribution in [2.45, 2.75) is 64.9 Å². The number of aromatic amines is 1. The van der Waals surface area contributed by atoms with Crippen LogP contribution in [0.5, 0.6) is 0 Å². The summed E-state index contributed by atoms with van der Waals surface area (Å²) in [4.78, 5) is 36.6. The molecule has 0 unspecified atom stereocenters. The van der Waals surface area contributed by atoms with E-state index in [9.17, 15) is 22.8 Å². The first-order chi connectivity index (χ1) is 17.4. The molecule has 0 aliphatic carbocycles. The Morgan fingerprint density at radius 1 is 1.19 bits per heavy atom. The molecule has 10 nitrogen and oxygen atoms in total. The van der Waals surface area contributed by atoms with Crippen LogP contribution in [0.15, 0.2) is 23.4 Å². The zero-order valence-electron chi connectivity index (χ0n) is 21.3. The number of carbonyl (C=O) groups is 1. The lowest BCUT2D eigenvalue weighted by molar-refractivity contribution is -0.141. The Bertz CT molecular complexity index is 1160. The van der Waals surface area contributed by atoms with E-state index in [4.69, 9.17) is 4.74 Å². The Hall–Kier alpha value is -3.22. The summed E-state index contributed by atoms with van der Waals surface area (Å²) < 4.78 is 44.5. The smallest absolute Gasteiger partial charge is 0.379 e. The van der Waals surface area contributed by atoms with Crippen LogP contribution in [0.25, 0.3) is 0 Å². The first kappa shape index (κ1) is 26.8. The van der Waals surface area contributed by atoms with Crippen molar-refractivity contribution in [1.29, 1.82) is 0 Å². The Labute approximate surface area is 212 Å². The fraction of sp³-hybridized carbons (Fsp3) is 0.625. The fourth-order valence-corrected chi connectivity index (χ4v) is 4.85. The maximum Gasteiger partial charge on any atom is 0.419 e. The number of ether oxygens (including phenoxy) is 1. The van der Waals surface area contributed by atoms with Gasteiger partial charge in [-0.2, -0.15) is 18.3 Å². The predicted molar refractivity (Wildman–Crippen MR) is 130 cm³/mol. The number of anilines is 2. The number of nitrogens with one attached hydrogen (secondary N) is 2. The Morgan fingerprint density at radius 2 is 1.84 bits per heavy atom. The van der Waals surface area contributed by atoms with E-state index in [0.717, 1.165) is 12.4 Å². The highest BCUT2D eigenvalue weighted by Gasteiger charge is 2.49. The van der Waals surface area contributed by atoms with Crippen LogP contribution in [0.2, 0.25) is 0 Å². The molecule has 0 bridgehead atoms. The number of hydrogen-bond acceptors (Lipinski definition) is 8. The van der Waals surface area contributed by atoms with Gasteiger partial charge in [0.2, 0.25) is 5.95 Å². The zero-order valence-corrected chi connectivity index (χ0v) is 21.3. The average molecular weight is 524 g/mol. The first-order valence-corrected chi connectivity index (χ1v) is 12.2. The van der Waals surface area contributed by atoms with E-state index in [-0.39, 0.29) is 36.1 Å². The van der Waals surface area contributed by atoms with Crippen LogP contribution in [0, 0.1) is 12.3 Å². The second kappa shape index (κ2) is 10.3. The number of aromatic nitrogens is 4. The van der Waals surface area contributed by atoms with Gasteiger partial charge >= 0.3 is 6.18 Å². The van der Waals surface area contributed by atoms with E-state index in [0.29, 0.717) is 43.7 Å². The number of likely N-dealkylation sites (tertiary alicyclic amines) is 1. The molecule has 2 fully saturated rings. The molecule has 0 radical (unpaired) electrons. The number of H-pyrrole nitrogens is 1. The SMILES string of the molecule is Cc1c(N[C@@H](C)CO[C@H]2C(=O)N(C3CCN(c4ncc(C(F)(F)F)cn4)CC3)CC2(C)C)cn[nH]c1=O. The van der Waals surface area contributed by atoms with Gasteiger partial charge < -0.3 is 19.9 Å². The van der Waals surface area contributed by atoms with Crippen LogP contribution in [0.3, 0.4) is 0 Å². The van der Waals surface area contributed by atoms with Crippen molar-refractivity contribution in [2.75, 3.05) is 36.5 Å². The van der Waals surface area contributed by atoms with E-state index < -0.39 is 23.3 Å². The molecule has 4 rings (SSSR count). The number of alkyl halides is 3. The van der Waals surface area contributed by atoms with Gasteiger partial charge in [-0.05, 0) is 26.7 Å². The topological polar surface area (TPSA) is 116 Å². The van der Waals surface area contributed by atoms with Crippen molar-refractivity contribution in [2.24, 2.45) is 5.41 Å². The molecule has 202 valence electrons. The highest BCUT2D eigenvalue weighted by atomic mass is 19.4. The Morgan fingerprint density at radius 3 is 2.46 bits per heavy atom. The van der Waals surface area contributed by atoms with Gasteiger partial charge in [0.15, 0.2) is 0 Å². The van der Waals surface area contributed by atoms with E-state index >= 15 is 0 Å². The molecule has 2 atom stereocenters. The quantitative estimate of drug-likeness (QED) is 0.569. The fourth-order valence-electron chi connectivity index (χ4n) is 4.85. The third kappa shape index (κ3) is 5.86. The Kier molecular flexibility index (Phi) is 7.45. The van der Waals surface area contributed by atoms with Crippen molar-refractivity contribution in [3.05, 3.63) is 40.1 Å². The molecule has 4 heterocycles. The summed E-state index contributed by atoms with van der Waals surface area (Å²) in [6, 6.07) is -0.154. The number of amides is 1. The second-order valence-corrected chi connectivity index (χ2v) is 10.4. The van der Waals surface area contributed by atoms with Crippen LogP contribution in [0.4, 0.5) is 24.8 Å². The lowest BCUT2D eigenvalue weighted by Gasteiger charge is -2.37. The molecule has 2 aliphatic rings. The van der Waals surface area contributed by atoms with E-state index in [1.807, 2.05) is 30.6 Å². The summed E-state index contributed by atoms with van der Waals surface area (Å²) in [7, 11) is 0. The largest absolute Gasteiger partial charge is 0.419 e. The summed E-state index contributed by atoms with van der Waals surface area (Å²) in [5.41, 5.74) is -0.403. The number of halogens is 3. The first-order valence-electron chi connectivity index (χ1n) is 12.2. The zero-order chi connectivity index (χ0) is 27.0. The number of rotatable bonds is 7. The van der Waals surface area contributed by atoms with Gasteiger partial charge in [-0.15, -0.1) is 0 Å². The maximum atomic E-state index is 13.4. The number of nitrogens with zero attached hydrogens (tertiary/aromatic N) is 5. The van der Waals surface area contributed by atoms with Gasteiger partial charge in [-0.25, -0.2) is 15.1 Å². The second-order valence-electron chi connectivity index (χ2n) is 10.4. The lowest BCUT2D eigenvalue weighted by atomic mass is 9.89. The van der Waals surface area contributed by atoms with Crippen molar-refractivity contribution in [1.82, 2.24) is 25.1 Å². The highest BCUT2D eigenvalue weighted by Crippen LogP contribution is 2.36. The van der Waals surface area contributed by atoms with Gasteiger partial charge in [0.05, 0.1) is 24.1 Å². The Balaban J connectivity index is 1.32. The molecule has 13 heteroatoms. The average Bonchev–Trinajstić information content (AvgIpc) is 3.08. The van der Waals surface area contributed by atoms with Crippen molar-refractivity contribution in [3.8, 4) is 0 Å². The van der Waals surface area contributed by atoms with Crippen LogP contribution in [-0.4, -0.2) is 75.4 Å². The summed E-state index contributed by atoms with van der Waals surface area (Å²) in [5, 5.41) is 9.41. The van der Waals surface area contributed by atoms with Crippen LogP contribution < -0.4 is 15.8 Å². The van der Waals surface area contributed by atoms with Gasteiger partial charge in [0.1, 0.15) is 6.10 Å². The summed E-state index contributed by atoms with van der Waals surface area (Å²) in [5.74, 6) is 0.198. The predicted octanol–water partition coefficient (Wildman–Crippen LogP) is 2.61. The molecule has 0 spiro atoms. The van der Waals surface area contributed by atoms with Gasteiger partial charge in [-0.3, -0.25) is 9.59 Å². The third-order valence-electron chi connectivity index (χ3n) is 6.97. The molecule has 37 heavy (non-hydrogen) atoms. The highest BCUT2D eigenvalue weighted by molar-refractivity contribution is 5.84. The van der Waals surface area contributed by atoms with E-state index in [1.165, 1.54) is 0 Å². The molecule has 1 amide bonds. The number of carbonyl (C=O) groups excluding carboxylic acids is 1. The molecule has 2 N–H and O–H groups in total. The van der Waals surface area contributed by atoms with E-state index in [2.05, 4.69) is 25.5 Å². The minimum Gasteiger partial charge on any atom is -0.379 e. The third-order valence-corrected chi connectivity index (χ3v) is 6.97. The molecule has 2 aromatic heterocycles. The van der Waals surface area contributed by atoms with Crippen LogP contribution >= 0.6 is 0 Å². The van der Waals surface area contributed by atoms with Gasteiger partial charge in [-0.1, -0.05) is 13.8 Å². The minimum absolute atomic E-state index is 0.00592. The van der Waals surface area contributed by atoms with Crippen molar-refractivity contribution in [3.63, 3.8) is 0 Å². The molecular weight excluding hydrogens is 491 g/mol. The van der Waals surface area contributed by atoms with E-state index in [1.54, 1.807) is 13.1 Å². The minimum atomic E-state index is -4.47. The molecule has 2 aromatic rings. The monoisotopic (exact) mass is 523 g/mol. The van der Waals surface area contributed by atoms with Crippen molar-refractivity contribution >= 4 is 17.5 Å².